The van der Waals surface area contributed by atoms with E-state index in [-0.39, 0.29) is 17.6 Å². The molecular weight excluding hydrogens is 428 g/mol. The topological polar surface area (TPSA) is 124 Å². The van der Waals surface area contributed by atoms with E-state index in [0.29, 0.717) is 17.1 Å². The van der Waals surface area contributed by atoms with Crippen LogP contribution in [0.1, 0.15) is 29.1 Å². The number of fused-ring (bicyclic) bond motifs is 1. The molecule has 0 spiro atoms. The van der Waals surface area contributed by atoms with Crippen molar-refractivity contribution in [3.63, 3.8) is 0 Å². The molecule has 0 aliphatic rings. The molecule has 0 fully saturated rings. The van der Waals surface area contributed by atoms with Gasteiger partial charge in [0.15, 0.2) is 11.5 Å². The average molecular weight is 451 g/mol. The predicted molar refractivity (Wildman–Crippen MR) is 130 cm³/mol. The second-order valence-corrected chi connectivity index (χ2v) is 7.89. The standard InChI is InChI=1S/C25H22N8O/c1-15(18-7-3-4-11-27-18)29-25(34)23-24(26)31-22(20-10-13-33(2)32-20)21(30-23)17-8-9-19-16(14-17)6-5-12-28-19/h3-15H,1-2H3,(H2,26,31)(H,29,34). The minimum atomic E-state index is -0.431. The van der Waals surface area contributed by atoms with Gasteiger partial charge in [0.1, 0.15) is 11.4 Å². The van der Waals surface area contributed by atoms with E-state index in [9.17, 15) is 4.79 Å². The molecule has 0 aliphatic heterocycles. The van der Waals surface area contributed by atoms with Gasteiger partial charge in [0.25, 0.3) is 5.91 Å². The highest BCUT2D eigenvalue weighted by Crippen LogP contribution is 2.31. The maximum atomic E-state index is 13.1. The van der Waals surface area contributed by atoms with E-state index in [1.54, 1.807) is 17.1 Å². The number of pyridine rings is 2. The number of nitrogens with one attached hydrogen (secondary N) is 1. The highest BCUT2D eigenvalue weighted by atomic mass is 16.2. The molecule has 9 nitrogen and oxygen atoms in total. The summed E-state index contributed by atoms with van der Waals surface area (Å²) in [6.07, 6.45) is 5.24. The number of benzene rings is 1. The van der Waals surface area contributed by atoms with Gasteiger partial charge in [-0.2, -0.15) is 5.10 Å². The van der Waals surface area contributed by atoms with Gasteiger partial charge in [-0.15, -0.1) is 0 Å². The average Bonchev–Trinajstić information content (AvgIpc) is 3.30. The van der Waals surface area contributed by atoms with Gasteiger partial charge in [-0.1, -0.05) is 18.2 Å². The quantitative estimate of drug-likeness (QED) is 0.419. The molecule has 0 saturated heterocycles. The Kier molecular flexibility index (Phi) is 5.43. The smallest absolute Gasteiger partial charge is 0.274 e. The molecule has 1 amide bonds. The maximum Gasteiger partial charge on any atom is 0.274 e. The van der Waals surface area contributed by atoms with Crippen molar-refractivity contribution in [2.24, 2.45) is 7.05 Å². The Morgan fingerprint density at radius 2 is 1.85 bits per heavy atom. The molecule has 1 atom stereocenters. The number of anilines is 1. The summed E-state index contributed by atoms with van der Waals surface area (Å²) in [5.41, 5.74) is 10.2. The molecule has 0 saturated carbocycles. The Morgan fingerprint density at radius 1 is 1.00 bits per heavy atom. The first kappa shape index (κ1) is 21.2. The first-order valence-electron chi connectivity index (χ1n) is 10.7. The fraction of sp³-hybridized carbons (Fsp3) is 0.120. The molecular formula is C25H22N8O. The van der Waals surface area contributed by atoms with Gasteiger partial charge >= 0.3 is 0 Å². The fourth-order valence-corrected chi connectivity index (χ4v) is 3.73. The third-order valence-corrected chi connectivity index (χ3v) is 5.45. The predicted octanol–water partition coefficient (Wildman–Crippen LogP) is 3.56. The number of carbonyl (C=O) groups excluding carboxylic acids is 1. The van der Waals surface area contributed by atoms with E-state index in [2.05, 4.69) is 25.4 Å². The van der Waals surface area contributed by atoms with E-state index in [1.807, 2.05) is 74.8 Å². The molecule has 4 heterocycles. The zero-order valence-electron chi connectivity index (χ0n) is 18.7. The van der Waals surface area contributed by atoms with E-state index < -0.39 is 5.91 Å². The molecule has 168 valence electrons. The summed E-state index contributed by atoms with van der Waals surface area (Å²) in [4.78, 5) is 31.1. The van der Waals surface area contributed by atoms with Crippen LogP contribution in [-0.4, -0.2) is 35.6 Å². The van der Waals surface area contributed by atoms with Crippen LogP contribution in [0.25, 0.3) is 33.5 Å². The lowest BCUT2D eigenvalue weighted by molar-refractivity contribution is 0.0935. The second kappa shape index (κ2) is 8.70. The molecule has 4 aromatic heterocycles. The molecule has 5 rings (SSSR count). The minimum absolute atomic E-state index is 0.0255. The van der Waals surface area contributed by atoms with E-state index >= 15 is 0 Å². The van der Waals surface area contributed by atoms with Crippen molar-refractivity contribution in [2.75, 3.05) is 5.73 Å². The maximum absolute atomic E-state index is 13.1. The lowest BCUT2D eigenvalue weighted by Crippen LogP contribution is -2.29. The number of nitrogens with two attached hydrogens (primary N) is 1. The van der Waals surface area contributed by atoms with Gasteiger partial charge in [0, 0.05) is 36.6 Å². The summed E-state index contributed by atoms with van der Waals surface area (Å²) in [5.74, 6) is -0.406. The molecule has 34 heavy (non-hydrogen) atoms. The van der Waals surface area contributed by atoms with Crippen molar-refractivity contribution in [3.05, 3.63) is 84.6 Å². The van der Waals surface area contributed by atoms with Crippen molar-refractivity contribution < 1.29 is 4.79 Å². The van der Waals surface area contributed by atoms with Crippen molar-refractivity contribution in [3.8, 4) is 22.6 Å². The molecule has 0 bridgehead atoms. The number of rotatable bonds is 5. The number of nitrogens with zero attached hydrogens (tertiary/aromatic N) is 6. The summed E-state index contributed by atoms with van der Waals surface area (Å²) in [6.45, 7) is 1.85. The van der Waals surface area contributed by atoms with Crippen LogP contribution in [0.4, 0.5) is 5.82 Å². The van der Waals surface area contributed by atoms with Crippen LogP contribution < -0.4 is 11.1 Å². The van der Waals surface area contributed by atoms with Crippen LogP contribution in [0, 0.1) is 0 Å². The Balaban J connectivity index is 1.60. The summed E-state index contributed by atoms with van der Waals surface area (Å²) >= 11 is 0. The molecule has 9 heteroatoms. The SMILES string of the molecule is CC(NC(=O)c1nc(-c2ccc3ncccc3c2)c(-c2ccn(C)n2)nc1N)c1ccccn1. The Labute approximate surface area is 195 Å². The van der Waals surface area contributed by atoms with Gasteiger partial charge in [0.2, 0.25) is 0 Å². The zero-order chi connectivity index (χ0) is 23.7. The van der Waals surface area contributed by atoms with Crippen LogP contribution in [0.5, 0.6) is 0 Å². The minimum Gasteiger partial charge on any atom is -0.382 e. The van der Waals surface area contributed by atoms with Gasteiger partial charge in [-0.25, -0.2) is 9.97 Å². The molecule has 3 N–H and O–H groups in total. The summed E-state index contributed by atoms with van der Waals surface area (Å²) in [5, 5.41) is 8.33. The molecule has 5 aromatic rings. The van der Waals surface area contributed by atoms with Crippen LogP contribution in [0.2, 0.25) is 0 Å². The lowest BCUT2D eigenvalue weighted by atomic mass is 10.0. The number of amides is 1. The Bertz CT molecular complexity index is 1500. The summed E-state index contributed by atoms with van der Waals surface area (Å²) in [7, 11) is 1.82. The third-order valence-electron chi connectivity index (χ3n) is 5.45. The monoisotopic (exact) mass is 450 g/mol. The van der Waals surface area contributed by atoms with Crippen LogP contribution in [0.15, 0.2) is 73.2 Å². The van der Waals surface area contributed by atoms with Crippen LogP contribution in [0.3, 0.4) is 0 Å². The zero-order valence-corrected chi connectivity index (χ0v) is 18.7. The van der Waals surface area contributed by atoms with E-state index in [4.69, 9.17) is 10.7 Å². The van der Waals surface area contributed by atoms with E-state index in [0.717, 1.165) is 22.2 Å². The number of carbonyl (C=O) groups is 1. The van der Waals surface area contributed by atoms with Crippen LogP contribution >= 0.6 is 0 Å². The van der Waals surface area contributed by atoms with Gasteiger partial charge in [0.05, 0.1) is 22.9 Å². The Hall–Kier alpha value is -4.66. The lowest BCUT2D eigenvalue weighted by Gasteiger charge is -2.15. The number of aryl methyl sites for hydroxylation is 1. The molecule has 1 unspecified atom stereocenters. The fourth-order valence-electron chi connectivity index (χ4n) is 3.73. The highest BCUT2D eigenvalue weighted by molar-refractivity contribution is 5.98. The number of aromatic nitrogens is 6. The van der Waals surface area contributed by atoms with Crippen molar-refractivity contribution in [1.82, 2.24) is 35.0 Å². The number of hydrogen-bond acceptors (Lipinski definition) is 7. The third kappa shape index (κ3) is 4.06. The van der Waals surface area contributed by atoms with Gasteiger partial charge in [-0.3, -0.25) is 19.4 Å². The highest BCUT2D eigenvalue weighted by Gasteiger charge is 2.22. The molecule has 1 aromatic carbocycles. The first-order valence-corrected chi connectivity index (χ1v) is 10.7. The van der Waals surface area contributed by atoms with Crippen molar-refractivity contribution in [1.29, 1.82) is 0 Å². The van der Waals surface area contributed by atoms with Crippen LogP contribution in [-0.2, 0) is 7.05 Å². The van der Waals surface area contributed by atoms with Crippen molar-refractivity contribution >= 4 is 22.6 Å². The second-order valence-electron chi connectivity index (χ2n) is 7.89. The Morgan fingerprint density at radius 3 is 2.62 bits per heavy atom. The van der Waals surface area contributed by atoms with Gasteiger partial charge < -0.3 is 11.1 Å². The first-order chi connectivity index (χ1) is 16.5. The molecule has 0 radical (unpaired) electrons. The van der Waals surface area contributed by atoms with E-state index in [1.165, 1.54) is 0 Å². The van der Waals surface area contributed by atoms with Gasteiger partial charge in [-0.05, 0) is 43.3 Å². The number of hydrogen-bond donors (Lipinski definition) is 2. The summed E-state index contributed by atoms with van der Waals surface area (Å²) < 4.78 is 1.68. The summed E-state index contributed by atoms with van der Waals surface area (Å²) in [6, 6.07) is 16.7. The van der Waals surface area contributed by atoms with Crippen molar-refractivity contribution in [2.45, 2.75) is 13.0 Å². The number of nitrogen functional groups attached to an aromatic ring is 1. The largest absolute Gasteiger partial charge is 0.382 e. The molecule has 0 aliphatic carbocycles. The normalized spacial score (nSPS) is 11.9.